The zero-order valence-electron chi connectivity index (χ0n) is 26.6. The Hall–Kier alpha value is -5.14. The number of amides is 2. The van der Waals surface area contributed by atoms with Gasteiger partial charge in [0.25, 0.3) is 0 Å². The Bertz CT molecular complexity index is 1670. The molecule has 0 atom stereocenters. The summed E-state index contributed by atoms with van der Waals surface area (Å²) in [6.45, 7) is 14.2. The van der Waals surface area contributed by atoms with Gasteiger partial charge in [0.2, 0.25) is 0 Å². The number of pyridine rings is 2. The fraction of sp³-hybridized carbons (Fsp3) is 0.355. The van der Waals surface area contributed by atoms with E-state index in [4.69, 9.17) is 9.47 Å². The topological polar surface area (TPSA) is 145 Å². The molecule has 0 aromatic carbocycles. The molecule has 4 rings (SSSR count). The molecule has 4 heterocycles. The number of rotatable bonds is 4. The second-order valence-electron chi connectivity index (χ2n) is 11.8. The van der Waals surface area contributed by atoms with Crippen molar-refractivity contribution in [3.8, 4) is 22.8 Å². The van der Waals surface area contributed by atoms with Gasteiger partial charge in [0.1, 0.15) is 22.8 Å². The summed E-state index contributed by atoms with van der Waals surface area (Å²) in [4.78, 5) is 49.6. The van der Waals surface area contributed by atoms with Gasteiger partial charge >= 0.3 is 12.2 Å². The molecule has 1 N–H and O–H groups in total. The third kappa shape index (κ3) is 10.5. The lowest BCUT2D eigenvalue weighted by atomic mass is 10.2. The van der Waals surface area contributed by atoms with Gasteiger partial charge in [-0.1, -0.05) is 0 Å². The van der Waals surface area contributed by atoms with Crippen LogP contribution in [0.15, 0.2) is 49.3 Å². The summed E-state index contributed by atoms with van der Waals surface area (Å²) in [5.41, 5.74) is 1.83. The third-order valence-electron chi connectivity index (χ3n) is 5.52. The molecule has 0 radical (unpaired) electrons. The van der Waals surface area contributed by atoms with Gasteiger partial charge in [0, 0.05) is 30.6 Å². The number of carbonyl (C=O) groups is 2. The Morgan fingerprint density at radius 3 is 1.67 bits per heavy atom. The Labute approximate surface area is 260 Å². The second-order valence-corrected chi connectivity index (χ2v) is 11.8. The Balaban J connectivity index is 0.000000246. The van der Waals surface area contributed by atoms with Crippen LogP contribution in [0.3, 0.4) is 0 Å². The summed E-state index contributed by atoms with van der Waals surface area (Å²) < 4.78 is 36.9. The Morgan fingerprint density at radius 2 is 1.22 bits per heavy atom. The van der Waals surface area contributed by atoms with Gasteiger partial charge in [-0.05, 0) is 67.5 Å². The molecule has 0 saturated heterocycles. The summed E-state index contributed by atoms with van der Waals surface area (Å²) >= 11 is 0. The van der Waals surface area contributed by atoms with Crippen LogP contribution in [0.5, 0.6) is 0 Å². The van der Waals surface area contributed by atoms with Gasteiger partial charge in [-0.2, -0.15) is 0 Å². The van der Waals surface area contributed by atoms with Crippen molar-refractivity contribution < 1.29 is 27.8 Å². The Kier molecular flexibility index (Phi) is 10.8. The predicted molar refractivity (Wildman–Crippen MR) is 164 cm³/mol. The fourth-order valence-electron chi connectivity index (χ4n) is 3.57. The number of aromatic nitrogens is 6. The van der Waals surface area contributed by atoms with Crippen LogP contribution >= 0.6 is 0 Å². The fourth-order valence-corrected chi connectivity index (χ4v) is 3.57. The average molecular weight is 623 g/mol. The van der Waals surface area contributed by atoms with Crippen molar-refractivity contribution in [3.05, 3.63) is 72.3 Å². The van der Waals surface area contributed by atoms with Crippen LogP contribution in [-0.4, -0.2) is 60.3 Å². The van der Waals surface area contributed by atoms with E-state index in [1.54, 1.807) is 62.4 Å². The molecule has 2 amide bonds. The zero-order valence-corrected chi connectivity index (χ0v) is 26.6. The highest BCUT2D eigenvalue weighted by molar-refractivity contribution is 5.88. The number of anilines is 2. The molecule has 0 aliphatic heterocycles. The van der Waals surface area contributed by atoms with Crippen molar-refractivity contribution in [1.29, 1.82) is 0 Å². The van der Waals surface area contributed by atoms with Gasteiger partial charge in [-0.15, -0.1) is 0 Å². The number of nitrogens with zero attached hydrogens (tertiary/aromatic N) is 7. The van der Waals surface area contributed by atoms with E-state index < -0.39 is 35.0 Å². The summed E-state index contributed by atoms with van der Waals surface area (Å²) in [5, 5.41) is 2.58. The summed E-state index contributed by atoms with van der Waals surface area (Å²) in [5.74, 6) is -0.247. The van der Waals surface area contributed by atoms with E-state index >= 15 is 0 Å². The highest BCUT2D eigenvalue weighted by atomic mass is 19.1. The van der Waals surface area contributed by atoms with Crippen molar-refractivity contribution >= 4 is 23.6 Å². The molecule has 0 saturated carbocycles. The minimum absolute atomic E-state index is 0.333. The molecule has 45 heavy (non-hydrogen) atoms. The minimum atomic E-state index is -0.591. The van der Waals surface area contributed by atoms with Gasteiger partial charge in [0.15, 0.2) is 11.6 Å². The van der Waals surface area contributed by atoms with E-state index in [9.17, 15) is 18.4 Å². The molecule has 4 aromatic heterocycles. The quantitative estimate of drug-likeness (QED) is 0.261. The van der Waals surface area contributed by atoms with E-state index in [1.807, 2.05) is 0 Å². The first-order valence-corrected chi connectivity index (χ1v) is 13.8. The summed E-state index contributed by atoms with van der Waals surface area (Å²) in [7, 11) is 1.59. The second kappa shape index (κ2) is 14.1. The van der Waals surface area contributed by atoms with E-state index in [-0.39, 0.29) is 0 Å². The lowest BCUT2D eigenvalue weighted by Gasteiger charge is -2.25. The smallest absolute Gasteiger partial charge is 0.414 e. The zero-order chi connectivity index (χ0) is 33.5. The highest BCUT2D eigenvalue weighted by Crippen LogP contribution is 2.23. The largest absolute Gasteiger partial charge is 0.444 e. The van der Waals surface area contributed by atoms with Crippen molar-refractivity contribution in [2.45, 2.75) is 66.6 Å². The summed E-state index contributed by atoms with van der Waals surface area (Å²) in [6, 6.07) is 2.60. The first kappa shape index (κ1) is 34.4. The lowest BCUT2D eigenvalue weighted by Crippen LogP contribution is -2.34. The van der Waals surface area contributed by atoms with Crippen LogP contribution in [0.4, 0.5) is 29.7 Å². The maximum Gasteiger partial charge on any atom is 0.414 e. The van der Waals surface area contributed by atoms with Gasteiger partial charge < -0.3 is 9.47 Å². The number of nitrogens with one attached hydrogen (secondary N) is 1. The van der Waals surface area contributed by atoms with Crippen molar-refractivity contribution in [1.82, 2.24) is 29.9 Å². The molecular weight excluding hydrogens is 586 g/mol. The minimum Gasteiger partial charge on any atom is -0.444 e. The maximum absolute atomic E-state index is 13.2. The number of aryl methyl sites for hydroxylation is 2. The third-order valence-corrected chi connectivity index (χ3v) is 5.52. The molecule has 0 aliphatic rings. The normalized spacial score (nSPS) is 11.2. The molecule has 238 valence electrons. The van der Waals surface area contributed by atoms with Crippen LogP contribution in [0, 0.1) is 25.5 Å². The predicted octanol–water partition coefficient (Wildman–Crippen LogP) is 6.69. The van der Waals surface area contributed by atoms with Crippen LogP contribution in [0.2, 0.25) is 0 Å². The molecule has 4 aromatic rings. The number of hydrogen-bond donors (Lipinski definition) is 1. The van der Waals surface area contributed by atoms with E-state index in [2.05, 4.69) is 35.2 Å². The van der Waals surface area contributed by atoms with E-state index in [0.29, 0.717) is 45.5 Å². The van der Waals surface area contributed by atoms with Gasteiger partial charge in [-0.25, -0.2) is 38.3 Å². The van der Waals surface area contributed by atoms with Crippen LogP contribution < -0.4 is 10.2 Å². The lowest BCUT2D eigenvalue weighted by molar-refractivity contribution is 0.0586. The van der Waals surface area contributed by atoms with E-state index in [1.165, 1.54) is 41.8 Å². The number of ether oxygens (including phenoxy) is 2. The Morgan fingerprint density at radius 1 is 0.733 bits per heavy atom. The first-order chi connectivity index (χ1) is 20.9. The molecule has 0 unspecified atom stereocenters. The van der Waals surface area contributed by atoms with Crippen LogP contribution in [0.25, 0.3) is 22.8 Å². The summed E-state index contributed by atoms with van der Waals surface area (Å²) in [6.07, 6.45) is 7.05. The maximum atomic E-state index is 13.2. The van der Waals surface area contributed by atoms with Crippen LogP contribution in [-0.2, 0) is 9.47 Å². The molecule has 14 heteroatoms. The van der Waals surface area contributed by atoms with Crippen LogP contribution in [0.1, 0.15) is 52.9 Å². The van der Waals surface area contributed by atoms with Crippen molar-refractivity contribution in [3.63, 3.8) is 0 Å². The monoisotopic (exact) mass is 622 g/mol. The van der Waals surface area contributed by atoms with Gasteiger partial charge in [-0.3, -0.25) is 20.2 Å². The van der Waals surface area contributed by atoms with E-state index in [0.717, 1.165) is 12.4 Å². The number of carbonyl (C=O) groups excluding carboxylic acids is 2. The molecule has 0 aliphatic carbocycles. The van der Waals surface area contributed by atoms with Crippen molar-refractivity contribution in [2.24, 2.45) is 0 Å². The molecule has 0 spiro atoms. The molecular formula is C31H36F2N8O4. The molecule has 12 nitrogen and oxygen atoms in total. The molecule has 0 bridgehead atoms. The van der Waals surface area contributed by atoms with Gasteiger partial charge in [0.05, 0.1) is 47.6 Å². The average Bonchev–Trinajstić information content (AvgIpc) is 2.92. The first-order valence-electron chi connectivity index (χ1n) is 13.8. The molecule has 0 fully saturated rings. The SMILES string of the molecule is Cc1nc(-c2cncc(F)c2)ncc1N(C)C(=O)OC(C)(C)C.Cc1nc(-c2cncc(F)c2)ncc1NC(=O)OC(C)(C)C. The highest BCUT2D eigenvalue weighted by Gasteiger charge is 2.22. The number of halogens is 2. The van der Waals surface area contributed by atoms with Crippen molar-refractivity contribution in [2.75, 3.05) is 17.3 Å². The standard InChI is InChI=1S/C16H19FN4O2.C15H17FN4O2/c1-10-13(21(5)15(22)23-16(2,3)4)9-19-14(20-10)11-6-12(17)8-18-7-11;1-9-12(20-14(21)22-15(2,3)4)8-18-13(19-9)10-5-11(16)7-17-6-10/h6-9H,1-5H3;5-8H,1-4H3,(H,20,21). The number of hydrogen-bond acceptors (Lipinski definition) is 10.